The Labute approximate surface area is 85.6 Å². The number of nitrogens with one attached hydrogen (secondary N) is 1. The van der Waals surface area contributed by atoms with Crippen molar-refractivity contribution in [2.24, 2.45) is 5.92 Å². The van der Waals surface area contributed by atoms with Crippen molar-refractivity contribution in [3.8, 4) is 0 Å². The predicted molar refractivity (Wildman–Crippen MR) is 60.4 cm³/mol. The quantitative estimate of drug-likeness (QED) is 0.487. The van der Waals surface area contributed by atoms with Gasteiger partial charge in [0.05, 0.1) is 0 Å². The van der Waals surface area contributed by atoms with E-state index in [1.165, 1.54) is 12.2 Å². The summed E-state index contributed by atoms with van der Waals surface area (Å²) in [6.07, 6.45) is 4.54. The van der Waals surface area contributed by atoms with Gasteiger partial charge < -0.3 is 5.32 Å². The lowest BCUT2D eigenvalue weighted by atomic mass is 10.1. The zero-order chi connectivity index (χ0) is 9.23. The third kappa shape index (κ3) is 8.69. The summed E-state index contributed by atoms with van der Waals surface area (Å²) in [5.41, 5.74) is 0. The van der Waals surface area contributed by atoms with Crippen LogP contribution in [0.15, 0.2) is 0 Å². The van der Waals surface area contributed by atoms with Gasteiger partial charge in [-0.05, 0) is 43.9 Å². The Hall–Kier alpha value is 0.600. The second-order valence-corrected chi connectivity index (χ2v) is 4.50. The van der Waals surface area contributed by atoms with Gasteiger partial charge in [0.15, 0.2) is 0 Å². The summed E-state index contributed by atoms with van der Waals surface area (Å²) in [6.45, 7) is 4.50. The number of hydrogen-bond acceptors (Lipinski definition) is 2. The highest BCUT2D eigenvalue weighted by Crippen LogP contribution is 2.01. The molecule has 0 aromatic heterocycles. The number of thioether (sulfide) groups is 1. The molecule has 0 saturated heterocycles. The molecule has 0 amide bonds. The minimum Gasteiger partial charge on any atom is -0.316 e. The summed E-state index contributed by atoms with van der Waals surface area (Å²) in [7, 11) is 0. The molecule has 3 heteroatoms. The van der Waals surface area contributed by atoms with Gasteiger partial charge in [-0.2, -0.15) is 11.8 Å². The van der Waals surface area contributed by atoms with Crippen molar-refractivity contribution in [2.45, 2.75) is 19.8 Å². The third-order valence-electron chi connectivity index (χ3n) is 1.80. The Morgan fingerprint density at radius 3 is 2.83 bits per heavy atom. The predicted octanol–water partition coefficient (Wildman–Crippen LogP) is 2.59. The Morgan fingerprint density at radius 1 is 1.50 bits per heavy atom. The average molecular weight is 210 g/mol. The van der Waals surface area contributed by atoms with Gasteiger partial charge in [-0.15, -0.1) is 11.6 Å². The van der Waals surface area contributed by atoms with Crippen LogP contribution in [-0.4, -0.2) is 31.0 Å². The monoisotopic (exact) mass is 209 g/mol. The zero-order valence-corrected chi connectivity index (χ0v) is 9.68. The van der Waals surface area contributed by atoms with Crippen LogP contribution in [0.3, 0.4) is 0 Å². The first-order valence-corrected chi connectivity index (χ1v) is 6.49. The maximum atomic E-state index is 5.63. The topological polar surface area (TPSA) is 12.0 Å². The van der Waals surface area contributed by atoms with Crippen LogP contribution in [-0.2, 0) is 0 Å². The van der Waals surface area contributed by atoms with E-state index in [9.17, 15) is 0 Å². The molecule has 0 fully saturated rings. The van der Waals surface area contributed by atoms with Crippen molar-refractivity contribution in [1.29, 1.82) is 0 Å². The summed E-state index contributed by atoms with van der Waals surface area (Å²) < 4.78 is 0. The van der Waals surface area contributed by atoms with E-state index >= 15 is 0 Å². The van der Waals surface area contributed by atoms with Crippen molar-refractivity contribution >= 4 is 23.4 Å². The molecular formula is C9H20ClNS. The van der Waals surface area contributed by atoms with Crippen molar-refractivity contribution in [3.05, 3.63) is 0 Å². The van der Waals surface area contributed by atoms with Crippen LogP contribution in [0.1, 0.15) is 19.8 Å². The van der Waals surface area contributed by atoms with Crippen LogP contribution >= 0.6 is 23.4 Å². The molecule has 1 nitrogen and oxygen atoms in total. The molecule has 0 aliphatic carbocycles. The zero-order valence-electron chi connectivity index (χ0n) is 8.11. The molecule has 0 heterocycles. The molecule has 0 aliphatic rings. The van der Waals surface area contributed by atoms with Crippen molar-refractivity contribution in [3.63, 3.8) is 0 Å². The van der Waals surface area contributed by atoms with Crippen LogP contribution in [0.5, 0.6) is 0 Å². The van der Waals surface area contributed by atoms with Crippen molar-refractivity contribution < 1.29 is 0 Å². The first-order chi connectivity index (χ1) is 5.81. The Kier molecular flexibility index (Phi) is 10.2. The summed E-state index contributed by atoms with van der Waals surface area (Å²) in [5, 5.41) is 3.43. The summed E-state index contributed by atoms with van der Waals surface area (Å²) >= 11 is 7.54. The molecule has 74 valence electrons. The van der Waals surface area contributed by atoms with Crippen LogP contribution in [0.2, 0.25) is 0 Å². The van der Waals surface area contributed by atoms with Gasteiger partial charge in [-0.3, -0.25) is 0 Å². The highest BCUT2D eigenvalue weighted by atomic mass is 35.5. The lowest BCUT2D eigenvalue weighted by Crippen LogP contribution is -2.22. The first kappa shape index (κ1) is 12.6. The molecule has 0 aromatic rings. The maximum Gasteiger partial charge on any atom is 0.0226 e. The van der Waals surface area contributed by atoms with Crippen molar-refractivity contribution in [2.75, 3.05) is 31.0 Å². The Balaban J connectivity index is 2.97. The number of hydrogen-bond donors (Lipinski definition) is 1. The van der Waals surface area contributed by atoms with Crippen LogP contribution in [0.25, 0.3) is 0 Å². The van der Waals surface area contributed by atoms with E-state index in [-0.39, 0.29) is 0 Å². The maximum absolute atomic E-state index is 5.63. The fourth-order valence-electron chi connectivity index (χ4n) is 0.978. The van der Waals surface area contributed by atoms with Gasteiger partial charge in [-0.1, -0.05) is 6.92 Å². The molecule has 0 rings (SSSR count). The summed E-state index contributed by atoms with van der Waals surface area (Å²) in [6, 6.07) is 0. The van der Waals surface area contributed by atoms with Crippen LogP contribution < -0.4 is 5.32 Å². The Bertz CT molecular complexity index is 90.6. The van der Waals surface area contributed by atoms with Gasteiger partial charge in [0.2, 0.25) is 0 Å². The van der Waals surface area contributed by atoms with Gasteiger partial charge in [-0.25, -0.2) is 0 Å². The molecule has 1 unspecified atom stereocenters. The highest BCUT2D eigenvalue weighted by Gasteiger charge is 1.98. The molecule has 0 saturated carbocycles. The largest absolute Gasteiger partial charge is 0.316 e. The molecule has 0 aromatic carbocycles. The molecule has 0 bridgehead atoms. The molecular weight excluding hydrogens is 190 g/mol. The molecule has 1 N–H and O–H groups in total. The Morgan fingerprint density at radius 2 is 2.25 bits per heavy atom. The minimum absolute atomic E-state index is 0.719. The lowest BCUT2D eigenvalue weighted by Gasteiger charge is -2.10. The van der Waals surface area contributed by atoms with Gasteiger partial charge in [0, 0.05) is 5.88 Å². The average Bonchev–Trinajstić information content (AvgIpc) is 2.05. The SMILES string of the molecule is CSCCCNCC(C)CCCl. The van der Waals surface area contributed by atoms with Crippen molar-refractivity contribution in [1.82, 2.24) is 5.32 Å². The van der Waals surface area contributed by atoms with Gasteiger partial charge >= 0.3 is 0 Å². The van der Waals surface area contributed by atoms with Crippen LogP contribution in [0.4, 0.5) is 0 Å². The second kappa shape index (κ2) is 9.69. The molecule has 0 spiro atoms. The molecule has 1 atom stereocenters. The van der Waals surface area contributed by atoms with E-state index in [2.05, 4.69) is 18.5 Å². The minimum atomic E-state index is 0.719. The normalized spacial score (nSPS) is 13.2. The third-order valence-corrected chi connectivity index (χ3v) is 2.71. The van der Waals surface area contributed by atoms with E-state index in [1.54, 1.807) is 0 Å². The smallest absolute Gasteiger partial charge is 0.0226 e. The van der Waals surface area contributed by atoms with Crippen LogP contribution in [0, 0.1) is 5.92 Å². The fourth-order valence-corrected chi connectivity index (χ4v) is 1.78. The summed E-state index contributed by atoms with van der Waals surface area (Å²) in [4.78, 5) is 0. The van der Waals surface area contributed by atoms with Gasteiger partial charge in [0.1, 0.15) is 0 Å². The lowest BCUT2D eigenvalue weighted by molar-refractivity contribution is 0.503. The molecule has 12 heavy (non-hydrogen) atoms. The van der Waals surface area contributed by atoms with E-state index in [0.29, 0.717) is 0 Å². The first-order valence-electron chi connectivity index (χ1n) is 4.57. The molecule has 0 aliphatic heterocycles. The number of alkyl halides is 1. The number of halogens is 1. The van der Waals surface area contributed by atoms with E-state index < -0.39 is 0 Å². The van der Waals surface area contributed by atoms with E-state index in [4.69, 9.17) is 11.6 Å². The molecule has 0 radical (unpaired) electrons. The summed E-state index contributed by atoms with van der Waals surface area (Å²) in [5.74, 6) is 2.77. The van der Waals surface area contributed by atoms with E-state index in [0.717, 1.165) is 31.3 Å². The number of rotatable bonds is 8. The highest BCUT2D eigenvalue weighted by molar-refractivity contribution is 7.98. The standard InChI is InChI=1S/C9H20ClNS/c1-9(4-5-10)8-11-6-3-7-12-2/h9,11H,3-8H2,1-2H3. The second-order valence-electron chi connectivity index (χ2n) is 3.13. The fraction of sp³-hybridized carbons (Fsp3) is 1.00. The van der Waals surface area contributed by atoms with E-state index in [1.807, 2.05) is 11.8 Å². The van der Waals surface area contributed by atoms with Gasteiger partial charge in [0.25, 0.3) is 0 Å².